The quantitative estimate of drug-likeness (QED) is 0.0174. The van der Waals surface area contributed by atoms with Crippen molar-refractivity contribution in [1.29, 1.82) is 0 Å². The highest BCUT2D eigenvalue weighted by atomic mass is 32.7. The zero-order chi connectivity index (χ0) is 90.3. The first-order chi connectivity index (χ1) is 60.2. The second kappa shape index (κ2) is 37.5. The summed E-state index contributed by atoms with van der Waals surface area (Å²) < 4.78 is 131. The van der Waals surface area contributed by atoms with Crippen LogP contribution in [0.1, 0.15) is 100 Å². The Balaban J connectivity index is 0.613. The Morgan fingerprint density at radius 3 is 1.04 bits per heavy atom. The summed E-state index contributed by atoms with van der Waals surface area (Å²) in [7, 11) is 1.04. The smallest absolute Gasteiger partial charge is 0.330 e. The van der Waals surface area contributed by atoms with E-state index in [1.807, 2.05) is 0 Å². The number of fused-ring (bicyclic) bond motifs is 4. The topological polar surface area (TPSA) is 707 Å². The lowest BCUT2D eigenvalue weighted by molar-refractivity contribution is -0.221. The van der Waals surface area contributed by atoms with Crippen LogP contribution in [0.4, 0.5) is 23.4 Å². The maximum Gasteiger partial charge on any atom is 0.330 e. The van der Waals surface area contributed by atoms with E-state index in [9.17, 15) is 53.0 Å². The molecule has 0 aliphatic carbocycles. The molecule has 6 aliphatic heterocycles. The number of nitrogen functional groups attached to an aromatic ring is 4. The second-order valence-electron chi connectivity index (χ2n) is 29.3. The molecule has 688 valence electrons. The molecule has 10 aromatic rings. The lowest BCUT2D eigenvalue weighted by Crippen LogP contribution is -2.34. The highest BCUT2D eigenvalue weighted by molar-refractivity contribution is 8.32. The molecule has 24 atom stereocenters. The van der Waals surface area contributed by atoms with Crippen LogP contribution in [0.25, 0.3) is 44.7 Å². The Morgan fingerprint density at radius 1 is 0.409 bits per heavy atom. The van der Waals surface area contributed by atoms with E-state index >= 15 is 0 Å². The normalized spacial score (nSPS) is 29.3. The molecule has 0 aromatic carbocycles. The third-order valence-corrected chi connectivity index (χ3v) is 30.6. The van der Waals surface area contributed by atoms with Crippen LogP contribution in [0.3, 0.4) is 0 Å². The molecule has 0 bridgehead atoms. The van der Waals surface area contributed by atoms with Crippen LogP contribution in [0.5, 0.6) is 0 Å². The van der Waals surface area contributed by atoms with Gasteiger partial charge < -0.3 is 142 Å². The van der Waals surface area contributed by atoms with E-state index < -0.39 is 212 Å². The molecule has 65 heteroatoms. The number of anilines is 4. The monoisotopic (exact) mass is 2000 g/mol. The fraction of sp³-hybridized carbons (Fsp3) is 0.548. The molecule has 127 heavy (non-hydrogen) atoms. The van der Waals surface area contributed by atoms with E-state index in [4.69, 9.17) is 177 Å². The van der Waals surface area contributed by atoms with Crippen LogP contribution in [-0.4, -0.2) is 211 Å². The number of imidazole rings is 4. The van der Waals surface area contributed by atoms with Gasteiger partial charge in [0.2, 0.25) is 5.95 Å². The summed E-state index contributed by atoms with van der Waals surface area (Å²) in [4.78, 5) is 189. The minimum atomic E-state index is -4.91. The zero-order valence-electron chi connectivity index (χ0n) is 66.0. The maximum absolute atomic E-state index is 15.0. The van der Waals surface area contributed by atoms with Crippen LogP contribution >= 0.6 is 40.4 Å². The van der Waals surface area contributed by atoms with Gasteiger partial charge in [-0.15, -0.1) is 0 Å². The molecule has 11 N–H and O–H groups in total. The van der Waals surface area contributed by atoms with E-state index in [1.165, 1.54) is 88.8 Å². The standard InChI is InChI=1S/C62H80N24O29P6S6/c1-5-28-29(6-45(104-28)86-25-76-49-56(86)77-60(66)78-59(49)89)111-117(93,123)99-15-36-31(8-41(106-36)82-13-27(3)58(88)80-62(82)91)112-118(94,124)101-16-37-33(10-43(107-37)84-23-74-47-51(64)68-20-71-54(47)84)114-120(96,126)103-18-39-34(11-44(109-39)85-24-75-48-52(65)69-21-72-55(48)85)115-121(97,127)102-17-38-32(9-42(108-38)83-22-73-46-50(63)67-19-70-53(46)83)113-119(95,125)100-14-35-30(110-116(92,122)98-4)7-40(105-35)81-12-26(2)57(87)79-61(81)90/h12-13,19-25,28-45H,5-11,14-18H2,1-4H3,(H,92,122)(H,93,123)(H,94,124)(H,95,125)(H,96,126)(H,97,127)(H2,63,67,70)(H2,64,68,71)(H2,65,69,72)(H,79,87,90)(H,80,88,91)(H3,66,77,78,89)/p-6/t28-,29?,30?,31?,32?,33?,34?,35-,36-,37-,38-,39-,40-,41-,42-,43-,44-,45-,116?,117?,118?,119?,120?,121?/m1/s1. The van der Waals surface area contributed by atoms with Crippen LogP contribution < -0.4 is 75.5 Å². The fourth-order valence-corrected chi connectivity index (χ4v) is 23.3. The summed E-state index contributed by atoms with van der Waals surface area (Å²) in [6.45, 7) is -27.4. The Kier molecular flexibility index (Phi) is 27.7. The van der Waals surface area contributed by atoms with Crippen molar-refractivity contribution in [2.45, 2.75) is 176 Å². The Hall–Kier alpha value is -6.53. The van der Waals surface area contributed by atoms with Gasteiger partial charge in [-0.3, -0.25) is 61.3 Å². The molecular formula is C62H74N24O29P6S6-6. The highest BCUT2D eigenvalue weighted by Crippen LogP contribution is 2.56. The lowest BCUT2D eigenvalue weighted by atomic mass is 10.1. The molecule has 0 amide bonds. The Labute approximate surface area is 743 Å². The first-order valence-corrected chi connectivity index (χ1v) is 53.3. The molecule has 12 unspecified atom stereocenters. The SMILES string of the molecule is CC[C@H]1O[C@@H](n2cnc3c(=O)[nH]c(N)nc32)CC1OP([O-])(=S)OC[C@H]1O[C@@H](n2cc(C)c(=O)[nH]c2=O)CC1OP([O-])(=S)OC[C@H]1O[C@@H](n2cnc3c(N)ncnc32)CC1OP([O-])(=S)OC[C@H]1O[C@@H](n2cnc3c(N)ncnc32)CC1OP([O-])(=S)OC[C@H]1O[C@@H](n2cnc3c(N)ncnc32)CC1OP(=O)([S-])OC[C@H]1O[C@@H](n2cc(C)c(=O)[nH]c2=O)CC1OP([O-])(=S)OC. The van der Waals surface area contributed by atoms with E-state index in [0.717, 1.165) is 16.2 Å². The molecule has 16 heterocycles. The summed E-state index contributed by atoms with van der Waals surface area (Å²) in [5.41, 5.74) is 21.9. The summed E-state index contributed by atoms with van der Waals surface area (Å²) >= 11 is 32.6. The van der Waals surface area contributed by atoms with Crippen molar-refractivity contribution in [3.05, 3.63) is 120 Å². The predicted octanol–water partition coefficient (Wildman–Crippen LogP) is -1.56. The molecule has 16 rings (SSSR count). The van der Waals surface area contributed by atoms with Crippen molar-refractivity contribution in [2.75, 3.05) is 63.1 Å². The Bertz CT molecular complexity index is 6470. The summed E-state index contributed by atoms with van der Waals surface area (Å²) in [5.74, 6) is -0.189. The maximum atomic E-state index is 15.0. The second-order valence-corrected chi connectivity index (χ2v) is 45.6. The number of ether oxygens (including phenoxy) is 6. The van der Waals surface area contributed by atoms with Gasteiger partial charge >= 0.3 is 11.4 Å². The first-order valence-electron chi connectivity index (χ1n) is 38.0. The minimum absolute atomic E-state index is 0.00703. The third kappa shape index (κ3) is 21.0. The van der Waals surface area contributed by atoms with Crippen molar-refractivity contribution in [1.82, 2.24) is 97.2 Å². The first kappa shape index (κ1) is 93.7. The number of rotatable bonds is 35. The largest absolute Gasteiger partial charge is 0.780 e. The van der Waals surface area contributed by atoms with Crippen LogP contribution in [0.2, 0.25) is 0 Å². The number of hydrogen-bond donors (Lipinski definition) is 7. The van der Waals surface area contributed by atoms with Gasteiger partial charge in [-0.1, -0.05) is 66.0 Å². The number of hydrogen-bond acceptors (Lipinski definition) is 50. The van der Waals surface area contributed by atoms with Gasteiger partial charge in [0.15, 0.2) is 52.4 Å². The molecule has 6 fully saturated rings. The highest BCUT2D eigenvalue weighted by Gasteiger charge is 2.48. The number of nitrogens with two attached hydrogens (primary N) is 4. The van der Waals surface area contributed by atoms with Gasteiger partial charge in [0.1, 0.15) is 137 Å². The number of nitrogens with one attached hydrogen (secondary N) is 3. The van der Waals surface area contributed by atoms with Gasteiger partial charge in [0.25, 0.3) is 16.7 Å². The molecule has 6 aliphatic rings. The molecular weight excluding hydrogens is 1920 g/mol. The van der Waals surface area contributed by atoms with Crippen molar-refractivity contribution in [3.63, 3.8) is 0 Å². The van der Waals surface area contributed by atoms with Crippen LogP contribution in [0, 0.1) is 13.8 Å². The Morgan fingerprint density at radius 2 is 0.701 bits per heavy atom. The number of aromatic nitrogens is 20. The molecule has 0 spiro atoms. The molecule has 0 radical (unpaired) electrons. The van der Waals surface area contributed by atoms with Crippen LogP contribution in [-0.2, 0) is 159 Å². The van der Waals surface area contributed by atoms with Crippen LogP contribution in [0.15, 0.2) is 80.7 Å². The summed E-state index contributed by atoms with van der Waals surface area (Å²) in [6, 6.07) is 0. The van der Waals surface area contributed by atoms with Crippen molar-refractivity contribution in [2.24, 2.45) is 0 Å². The number of aromatic amines is 3. The van der Waals surface area contributed by atoms with Gasteiger partial charge in [0, 0.05) is 69.2 Å². The molecule has 10 aromatic heterocycles. The fourth-order valence-electron chi connectivity index (χ4n) is 15.0. The predicted molar refractivity (Wildman–Crippen MR) is 448 cm³/mol. The average molecular weight is 2000 g/mol. The summed E-state index contributed by atoms with van der Waals surface area (Å²) in [6.07, 6.45) is -12.3. The molecule has 6 saturated heterocycles. The van der Waals surface area contributed by atoms with Gasteiger partial charge in [-0.25, -0.2) is 59.4 Å². The number of H-pyrrole nitrogens is 3. The number of aryl methyl sites for hydroxylation is 2. The third-order valence-electron chi connectivity index (χ3n) is 21.0. The van der Waals surface area contributed by atoms with Crippen molar-refractivity contribution < 1.29 is 112 Å². The molecule has 0 saturated carbocycles. The van der Waals surface area contributed by atoms with Gasteiger partial charge in [0.05, 0.1) is 101 Å². The van der Waals surface area contributed by atoms with Crippen molar-refractivity contribution >= 4 is 180 Å². The summed E-state index contributed by atoms with van der Waals surface area (Å²) in [5, 5.41) is 0. The lowest BCUT2D eigenvalue weighted by Gasteiger charge is -2.36. The minimum Gasteiger partial charge on any atom is -0.780 e. The average Bonchev–Trinajstić information content (AvgIpc) is 1.64. The van der Waals surface area contributed by atoms with E-state index in [0.29, 0.717) is 6.42 Å². The number of nitrogens with zero attached hydrogens (tertiary/aromatic N) is 17. The van der Waals surface area contributed by atoms with E-state index in [2.05, 4.69) is 69.8 Å². The van der Waals surface area contributed by atoms with Gasteiger partial charge in [-0.05, 0) is 20.3 Å². The van der Waals surface area contributed by atoms with E-state index in [1.54, 1.807) is 6.92 Å². The van der Waals surface area contributed by atoms with Gasteiger partial charge in [-0.2, -0.15) is 4.98 Å². The zero-order valence-corrected chi connectivity index (χ0v) is 76.2. The van der Waals surface area contributed by atoms with E-state index in [-0.39, 0.29) is 118 Å². The van der Waals surface area contributed by atoms with Crippen molar-refractivity contribution in [3.8, 4) is 0 Å². The molecule has 53 nitrogen and oxygen atoms in total.